The van der Waals surface area contributed by atoms with E-state index in [4.69, 9.17) is 4.74 Å². The molecule has 1 aliphatic rings. The summed E-state index contributed by atoms with van der Waals surface area (Å²) in [4.78, 5) is 14.1. The van der Waals surface area contributed by atoms with Gasteiger partial charge in [-0.2, -0.15) is 0 Å². The molecular formula is C17H19BrN2O2. The van der Waals surface area contributed by atoms with Gasteiger partial charge in [0, 0.05) is 24.1 Å². The summed E-state index contributed by atoms with van der Waals surface area (Å²) in [5, 5.41) is 5.54. The van der Waals surface area contributed by atoms with Crippen LogP contribution < -0.4 is 10.1 Å². The lowest BCUT2D eigenvalue weighted by Gasteiger charge is -2.20. The smallest absolute Gasteiger partial charge is 0.260 e. The third kappa shape index (κ3) is 3.78. The van der Waals surface area contributed by atoms with Crippen molar-refractivity contribution in [3.63, 3.8) is 0 Å². The van der Waals surface area contributed by atoms with E-state index in [1.807, 2.05) is 35.2 Å². The van der Waals surface area contributed by atoms with Crippen LogP contribution in [0.25, 0.3) is 10.8 Å². The van der Waals surface area contributed by atoms with Crippen molar-refractivity contribution < 1.29 is 9.53 Å². The minimum absolute atomic E-state index is 0.0552. The Morgan fingerprint density at radius 3 is 2.86 bits per heavy atom. The van der Waals surface area contributed by atoms with Crippen molar-refractivity contribution in [3.8, 4) is 5.75 Å². The van der Waals surface area contributed by atoms with Crippen LogP contribution in [0.4, 0.5) is 0 Å². The molecule has 4 nitrogen and oxygen atoms in total. The Kier molecular flexibility index (Phi) is 4.95. The van der Waals surface area contributed by atoms with Crippen molar-refractivity contribution in [1.82, 2.24) is 10.2 Å². The van der Waals surface area contributed by atoms with Gasteiger partial charge in [-0.3, -0.25) is 4.79 Å². The van der Waals surface area contributed by atoms with Gasteiger partial charge in [0.05, 0.1) is 0 Å². The van der Waals surface area contributed by atoms with Crippen LogP contribution in [0, 0.1) is 0 Å². The van der Waals surface area contributed by atoms with Crippen LogP contribution in [-0.4, -0.2) is 43.6 Å². The molecule has 1 fully saturated rings. The van der Waals surface area contributed by atoms with E-state index in [9.17, 15) is 4.79 Å². The number of halogens is 1. The van der Waals surface area contributed by atoms with Gasteiger partial charge >= 0.3 is 0 Å². The molecule has 1 saturated heterocycles. The number of benzene rings is 2. The van der Waals surface area contributed by atoms with Crippen molar-refractivity contribution in [1.29, 1.82) is 0 Å². The normalized spacial score (nSPS) is 15.6. The van der Waals surface area contributed by atoms with Crippen molar-refractivity contribution >= 4 is 32.6 Å². The Morgan fingerprint density at radius 1 is 1.14 bits per heavy atom. The second-order valence-electron chi connectivity index (χ2n) is 5.43. The molecule has 0 spiro atoms. The summed E-state index contributed by atoms with van der Waals surface area (Å²) >= 11 is 3.46. The largest absolute Gasteiger partial charge is 0.484 e. The molecule has 0 aromatic heterocycles. The molecule has 0 aliphatic carbocycles. The van der Waals surface area contributed by atoms with Crippen molar-refractivity contribution in [2.24, 2.45) is 0 Å². The zero-order valence-electron chi connectivity index (χ0n) is 12.3. The number of carbonyl (C=O) groups excluding carboxylic acids is 1. The van der Waals surface area contributed by atoms with Crippen molar-refractivity contribution in [2.75, 3.05) is 32.8 Å². The van der Waals surface area contributed by atoms with Gasteiger partial charge in [0.25, 0.3) is 5.91 Å². The molecule has 3 rings (SSSR count). The van der Waals surface area contributed by atoms with E-state index in [1.165, 1.54) is 0 Å². The first-order valence-electron chi connectivity index (χ1n) is 7.53. The van der Waals surface area contributed by atoms with Crippen molar-refractivity contribution in [3.05, 3.63) is 40.9 Å². The lowest BCUT2D eigenvalue weighted by Crippen LogP contribution is -2.37. The monoisotopic (exact) mass is 362 g/mol. The number of amides is 1. The van der Waals surface area contributed by atoms with Crippen LogP contribution in [0.1, 0.15) is 6.42 Å². The summed E-state index contributed by atoms with van der Waals surface area (Å²) in [5.74, 6) is 0.788. The van der Waals surface area contributed by atoms with E-state index < -0.39 is 0 Å². The molecule has 116 valence electrons. The Bertz CT molecular complexity index is 667. The summed E-state index contributed by atoms with van der Waals surface area (Å²) in [5.41, 5.74) is 0. The first kappa shape index (κ1) is 15.3. The molecule has 0 bridgehead atoms. The third-order valence-corrected chi connectivity index (χ3v) is 4.32. The van der Waals surface area contributed by atoms with Crippen LogP contribution in [0.2, 0.25) is 0 Å². The lowest BCUT2D eigenvalue weighted by molar-refractivity contribution is -0.133. The minimum Gasteiger partial charge on any atom is -0.484 e. The zero-order chi connectivity index (χ0) is 15.4. The maximum atomic E-state index is 12.2. The molecule has 2 aromatic carbocycles. The molecule has 1 amide bonds. The molecule has 0 radical (unpaired) electrons. The van der Waals surface area contributed by atoms with Crippen molar-refractivity contribution in [2.45, 2.75) is 6.42 Å². The molecule has 0 atom stereocenters. The number of hydrogen-bond acceptors (Lipinski definition) is 3. The first-order valence-corrected chi connectivity index (χ1v) is 8.32. The van der Waals surface area contributed by atoms with Crippen LogP contribution in [0.15, 0.2) is 40.9 Å². The fourth-order valence-corrected chi connectivity index (χ4v) is 2.99. The van der Waals surface area contributed by atoms with Crippen LogP contribution in [0.5, 0.6) is 5.75 Å². The third-order valence-electron chi connectivity index (χ3n) is 3.83. The molecule has 22 heavy (non-hydrogen) atoms. The molecule has 5 heteroatoms. The summed E-state index contributed by atoms with van der Waals surface area (Å²) in [6, 6.07) is 12.0. The highest BCUT2D eigenvalue weighted by Gasteiger charge is 2.15. The Hall–Kier alpha value is -1.59. The Morgan fingerprint density at radius 2 is 1.95 bits per heavy atom. The van der Waals surface area contributed by atoms with Gasteiger partial charge in [-0.25, -0.2) is 0 Å². The highest BCUT2D eigenvalue weighted by Crippen LogP contribution is 2.24. The number of ether oxygens (including phenoxy) is 1. The quantitative estimate of drug-likeness (QED) is 0.912. The molecule has 1 N–H and O–H groups in total. The number of hydrogen-bond donors (Lipinski definition) is 1. The summed E-state index contributed by atoms with van der Waals surface area (Å²) in [7, 11) is 0. The van der Waals surface area contributed by atoms with E-state index in [0.29, 0.717) is 0 Å². The van der Waals surface area contributed by atoms with Gasteiger partial charge < -0.3 is 15.0 Å². The Balaban J connectivity index is 1.63. The topological polar surface area (TPSA) is 41.6 Å². The minimum atomic E-state index is 0.0552. The van der Waals surface area contributed by atoms with Gasteiger partial charge in [-0.1, -0.05) is 28.1 Å². The number of carbonyl (C=O) groups is 1. The fraction of sp³-hybridized carbons (Fsp3) is 0.353. The molecule has 1 aliphatic heterocycles. The lowest BCUT2D eigenvalue weighted by atomic mass is 10.1. The Labute approximate surface area is 138 Å². The van der Waals surface area contributed by atoms with E-state index in [2.05, 4.69) is 27.3 Å². The van der Waals surface area contributed by atoms with Gasteiger partial charge in [-0.15, -0.1) is 0 Å². The molecule has 1 heterocycles. The fourth-order valence-electron chi connectivity index (χ4n) is 2.62. The number of nitrogens with zero attached hydrogens (tertiary/aromatic N) is 1. The average Bonchev–Trinajstić information content (AvgIpc) is 2.82. The van der Waals surface area contributed by atoms with Gasteiger partial charge in [-0.05, 0) is 48.0 Å². The first-order chi connectivity index (χ1) is 10.7. The van der Waals surface area contributed by atoms with E-state index in [0.717, 1.165) is 53.6 Å². The highest BCUT2D eigenvalue weighted by atomic mass is 79.9. The molecule has 2 aromatic rings. The van der Waals surface area contributed by atoms with Gasteiger partial charge in [0.15, 0.2) is 6.61 Å². The maximum Gasteiger partial charge on any atom is 0.260 e. The predicted octanol–water partition coefficient (Wildman–Crippen LogP) is 2.80. The second-order valence-corrected chi connectivity index (χ2v) is 6.34. The van der Waals surface area contributed by atoms with Gasteiger partial charge in [0.2, 0.25) is 0 Å². The number of fused-ring (bicyclic) bond motifs is 1. The highest BCUT2D eigenvalue weighted by molar-refractivity contribution is 9.10. The standard InChI is InChI=1S/C17H19BrN2O2/c18-15-4-2-14-11-16(5-3-13(14)10-15)22-12-17(21)20-8-1-6-19-7-9-20/h2-5,10-11,19H,1,6-9,12H2. The van der Waals surface area contributed by atoms with Crippen LogP contribution >= 0.6 is 15.9 Å². The summed E-state index contributed by atoms with van der Waals surface area (Å²) in [6.07, 6.45) is 0.997. The molecular weight excluding hydrogens is 344 g/mol. The predicted molar refractivity (Wildman–Crippen MR) is 91.2 cm³/mol. The number of nitrogens with one attached hydrogen (secondary N) is 1. The average molecular weight is 363 g/mol. The SMILES string of the molecule is O=C(COc1ccc2cc(Br)ccc2c1)N1CCCNCC1. The van der Waals surface area contributed by atoms with Crippen LogP contribution in [0.3, 0.4) is 0 Å². The maximum absolute atomic E-state index is 12.2. The number of rotatable bonds is 3. The van der Waals surface area contributed by atoms with E-state index in [1.54, 1.807) is 0 Å². The zero-order valence-corrected chi connectivity index (χ0v) is 13.9. The van der Waals surface area contributed by atoms with Crippen LogP contribution in [-0.2, 0) is 4.79 Å². The summed E-state index contributed by atoms with van der Waals surface area (Å²) in [6.45, 7) is 3.50. The molecule has 0 unspecified atom stereocenters. The van der Waals surface area contributed by atoms with E-state index >= 15 is 0 Å². The second kappa shape index (κ2) is 7.11. The van der Waals surface area contributed by atoms with E-state index in [-0.39, 0.29) is 12.5 Å². The van der Waals surface area contributed by atoms with Gasteiger partial charge in [0.1, 0.15) is 5.75 Å². The summed E-state index contributed by atoms with van der Waals surface area (Å²) < 4.78 is 6.73. The molecule has 0 saturated carbocycles.